The molecule has 4 nitrogen and oxygen atoms in total. The SMILES string of the molecule is CCOC(C=O)Cc1ccc(OCCn2c(C)ccc2-c2ccc(SC)cc2)cc1. The zero-order valence-corrected chi connectivity index (χ0v) is 18.7. The summed E-state index contributed by atoms with van der Waals surface area (Å²) in [4.78, 5) is 12.3. The van der Waals surface area contributed by atoms with Gasteiger partial charge < -0.3 is 18.8 Å². The van der Waals surface area contributed by atoms with Crippen LogP contribution in [0.2, 0.25) is 0 Å². The quantitative estimate of drug-likeness (QED) is 0.305. The molecule has 3 rings (SSSR count). The lowest BCUT2D eigenvalue weighted by Gasteiger charge is -2.14. The molecule has 0 aliphatic rings. The van der Waals surface area contributed by atoms with Crippen LogP contribution in [0.5, 0.6) is 5.75 Å². The normalized spacial score (nSPS) is 12.0. The van der Waals surface area contributed by atoms with E-state index in [-0.39, 0.29) is 6.10 Å². The van der Waals surface area contributed by atoms with Gasteiger partial charge in [-0.15, -0.1) is 11.8 Å². The maximum absolute atomic E-state index is 11.1. The second-order valence-corrected chi connectivity index (χ2v) is 7.95. The van der Waals surface area contributed by atoms with Crippen molar-refractivity contribution in [3.05, 3.63) is 71.9 Å². The molecule has 0 aliphatic heterocycles. The monoisotopic (exact) mass is 423 g/mol. The van der Waals surface area contributed by atoms with Gasteiger partial charge in [0, 0.05) is 29.3 Å². The fourth-order valence-corrected chi connectivity index (χ4v) is 3.86. The molecule has 0 aliphatic carbocycles. The molecule has 0 saturated carbocycles. The van der Waals surface area contributed by atoms with Crippen LogP contribution in [0.3, 0.4) is 0 Å². The van der Waals surface area contributed by atoms with E-state index in [1.807, 2.05) is 31.2 Å². The number of ether oxygens (including phenoxy) is 2. The number of aryl methyl sites for hydroxylation is 1. The van der Waals surface area contributed by atoms with Gasteiger partial charge >= 0.3 is 0 Å². The fraction of sp³-hybridized carbons (Fsp3) is 0.320. The van der Waals surface area contributed by atoms with Gasteiger partial charge in [0.05, 0.1) is 6.54 Å². The number of rotatable bonds is 11. The highest BCUT2D eigenvalue weighted by Gasteiger charge is 2.09. The van der Waals surface area contributed by atoms with E-state index in [0.717, 1.165) is 24.1 Å². The van der Waals surface area contributed by atoms with Crippen LogP contribution in [0.4, 0.5) is 0 Å². The second-order valence-electron chi connectivity index (χ2n) is 7.07. The van der Waals surface area contributed by atoms with Crippen LogP contribution in [0.25, 0.3) is 11.3 Å². The lowest BCUT2D eigenvalue weighted by atomic mass is 10.1. The lowest BCUT2D eigenvalue weighted by molar-refractivity contribution is -0.117. The first kappa shape index (κ1) is 22.2. The van der Waals surface area contributed by atoms with Crippen LogP contribution in [0, 0.1) is 6.92 Å². The van der Waals surface area contributed by atoms with Crippen LogP contribution in [0.1, 0.15) is 18.2 Å². The molecule has 0 spiro atoms. The Bertz CT molecular complexity index is 932. The Morgan fingerprint density at radius 2 is 1.77 bits per heavy atom. The van der Waals surface area contributed by atoms with Gasteiger partial charge in [0.1, 0.15) is 24.7 Å². The Morgan fingerprint density at radius 3 is 2.40 bits per heavy atom. The van der Waals surface area contributed by atoms with Crippen LogP contribution < -0.4 is 4.74 Å². The number of benzene rings is 2. The molecule has 0 saturated heterocycles. The molecule has 0 fully saturated rings. The summed E-state index contributed by atoms with van der Waals surface area (Å²) < 4.78 is 13.7. The summed E-state index contributed by atoms with van der Waals surface area (Å²) in [6.07, 6.45) is 3.14. The Kier molecular flexibility index (Phi) is 8.17. The highest BCUT2D eigenvalue weighted by atomic mass is 32.2. The average Bonchev–Trinajstić information content (AvgIpc) is 3.15. The van der Waals surface area contributed by atoms with Crippen molar-refractivity contribution in [1.29, 1.82) is 0 Å². The van der Waals surface area contributed by atoms with E-state index in [9.17, 15) is 4.79 Å². The summed E-state index contributed by atoms with van der Waals surface area (Å²) in [5, 5.41) is 0. The minimum atomic E-state index is -0.387. The first-order chi connectivity index (χ1) is 14.6. The van der Waals surface area contributed by atoms with Gasteiger partial charge in [-0.05, 0) is 67.6 Å². The van der Waals surface area contributed by atoms with Gasteiger partial charge in [-0.25, -0.2) is 0 Å². The van der Waals surface area contributed by atoms with E-state index in [0.29, 0.717) is 19.6 Å². The Balaban J connectivity index is 1.59. The fourth-order valence-electron chi connectivity index (χ4n) is 3.45. The Morgan fingerprint density at radius 1 is 1.03 bits per heavy atom. The summed E-state index contributed by atoms with van der Waals surface area (Å²) in [6.45, 7) is 5.91. The topological polar surface area (TPSA) is 40.5 Å². The molecule has 1 atom stereocenters. The summed E-state index contributed by atoms with van der Waals surface area (Å²) in [6, 6.07) is 20.9. The summed E-state index contributed by atoms with van der Waals surface area (Å²) >= 11 is 1.75. The lowest BCUT2D eigenvalue weighted by Crippen LogP contribution is -2.17. The van der Waals surface area contributed by atoms with E-state index in [4.69, 9.17) is 9.47 Å². The number of carbonyl (C=O) groups is 1. The third-order valence-corrected chi connectivity index (χ3v) is 5.80. The van der Waals surface area contributed by atoms with E-state index >= 15 is 0 Å². The molecule has 30 heavy (non-hydrogen) atoms. The minimum absolute atomic E-state index is 0.387. The van der Waals surface area contributed by atoms with Crippen LogP contribution in [-0.2, 0) is 22.5 Å². The van der Waals surface area contributed by atoms with Crippen molar-refractivity contribution in [2.75, 3.05) is 19.5 Å². The largest absolute Gasteiger partial charge is 0.492 e. The highest BCUT2D eigenvalue weighted by molar-refractivity contribution is 7.98. The van der Waals surface area contributed by atoms with E-state index in [2.05, 4.69) is 54.1 Å². The molecule has 0 bridgehead atoms. The standard InChI is InChI=1S/C25H29NO3S/c1-4-28-23(18-27)17-20-6-10-22(11-7-20)29-16-15-26-19(2)5-14-25(26)21-8-12-24(30-3)13-9-21/h5-14,18,23H,4,15-17H2,1-3H3. The summed E-state index contributed by atoms with van der Waals surface area (Å²) in [5.74, 6) is 0.827. The van der Waals surface area contributed by atoms with E-state index in [1.165, 1.54) is 21.8 Å². The Hall–Kier alpha value is -2.50. The van der Waals surface area contributed by atoms with Gasteiger partial charge in [0.2, 0.25) is 0 Å². The molecule has 5 heteroatoms. The predicted molar refractivity (Wildman–Crippen MR) is 124 cm³/mol. The van der Waals surface area contributed by atoms with Crippen LogP contribution >= 0.6 is 11.8 Å². The highest BCUT2D eigenvalue weighted by Crippen LogP contribution is 2.25. The molecule has 1 aromatic heterocycles. The molecule has 0 N–H and O–H groups in total. The van der Waals surface area contributed by atoms with Crippen molar-refractivity contribution in [3.8, 4) is 17.0 Å². The minimum Gasteiger partial charge on any atom is -0.492 e. The van der Waals surface area contributed by atoms with Gasteiger partial charge in [0.25, 0.3) is 0 Å². The maximum Gasteiger partial charge on any atom is 0.149 e. The molecule has 1 unspecified atom stereocenters. The zero-order chi connectivity index (χ0) is 21.3. The van der Waals surface area contributed by atoms with Crippen LogP contribution in [0.15, 0.2) is 65.6 Å². The average molecular weight is 424 g/mol. The number of thioether (sulfide) groups is 1. The summed E-state index contributed by atoms with van der Waals surface area (Å²) in [5.41, 5.74) is 4.69. The predicted octanol–water partition coefficient (Wildman–Crippen LogP) is 5.41. The number of hydrogen-bond acceptors (Lipinski definition) is 4. The molecule has 0 amide bonds. The van der Waals surface area contributed by atoms with Crippen molar-refractivity contribution in [2.24, 2.45) is 0 Å². The molecule has 158 valence electrons. The number of aldehydes is 1. The van der Waals surface area contributed by atoms with E-state index in [1.54, 1.807) is 11.8 Å². The molecule has 0 radical (unpaired) electrons. The molecule has 3 aromatic rings. The first-order valence-corrected chi connectivity index (χ1v) is 11.5. The number of hydrogen-bond donors (Lipinski definition) is 0. The first-order valence-electron chi connectivity index (χ1n) is 10.2. The molecular formula is C25H29NO3S. The van der Waals surface area contributed by atoms with E-state index < -0.39 is 0 Å². The zero-order valence-electron chi connectivity index (χ0n) is 17.8. The van der Waals surface area contributed by atoms with Crippen molar-refractivity contribution in [2.45, 2.75) is 37.8 Å². The van der Waals surface area contributed by atoms with Gasteiger partial charge in [-0.1, -0.05) is 24.3 Å². The maximum atomic E-state index is 11.1. The van der Waals surface area contributed by atoms with Crippen molar-refractivity contribution >= 4 is 18.0 Å². The van der Waals surface area contributed by atoms with Crippen molar-refractivity contribution in [1.82, 2.24) is 4.57 Å². The molecule has 2 aromatic carbocycles. The third kappa shape index (κ3) is 5.77. The van der Waals surface area contributed by atoms with Gasteiger partial charge in [-0.3, -0.25) is 0 Å². The number of carbonyl (C=O) groups excluding carboxylic acids is 1. The molecule has 1 heterocycles. The smallest absolute Gasteiger partial charge is 0.149 e. The van der Waals surface area contributed by atoms with Gasteiger partial charge in [-0.2, -0.15) is 0 Å². The third-order valence-electron chi connectivity index (χ3n) is 5.06. The number of aromatic nitrogens is 1. The van der Waals surface area contributed by atoms with Crippen LogP contribution in [-0.4, -0.2) is 36.4 Å². The van der Waals surface area contributed by atoms with Crippen molar-refractivity contribution < 1.29 is 14.3 Å². The number of nitrogens with zero attached hydrogens (tertiary/aromatic N) is 1. The van der Waals surface area contributed by atoms with Crippen molar-refractivity contribution in [3.63, 3.8) is 0 Å². The second kappa shape index (κ2) is 11.0. The summed E-state index contributed by atoms with van der Waals surface area (Å²) in [7, 11) is 0. The Labute approximate surface area is 183 Å². The van der Waals surface area contributed by atoms with Gasteiger partial charge in [0.15, 0.2) is 0 Å². The molecular weight excluding hydrogens is 394 g/mol.